The largest absolute Gasteiger partial charge is 0.493 e. The lowest BCUT2D eigenvalue weighted by molar-refractivity contribution is 0.253. The van der Waals surface area contributed by atoms with Crippen LogP contribution < -0.4 is 10.1 Å². The number of nitrogens with one attached hydrogen (secondary N) is 1. The summed E-state index contributed by atoms with van der Waals surface area (Å²) in [4.78, 5) is 0. The molecule has 1 N–H and O–H groups in total. The van der Waals surface area contributed by atoms with E-state index in [1.807, 2.05) is 0 Å². The zero-order valence-corrected chi connectivity index (χ0v) is 12.9. The third-order valence-corrected chi connectivity index (χ3v) is 3.15. The number of hydrogen-bond acceptors (Lipinski definition) is 2. The molecule has 1 aromatic carbocycles. The van der Waals surface area contributed by atoms with Crippen LogP contribution in [-0.2, 0) is 6.42 Å². The molecule has 1 aromatic rings. The molecule has 0 heterocycles. The lowest BCUT2D eigenvalue weighted by Gasteiger charge is -2.16. The molecule has 1 unspecified atom stereocenters. The fraction of sp³-hybridized carbons (Fsp3) is 0.647. The minimum atomic E-state index is 0.530. The number of benzene rings is 1. The predicted octanol–water partition coefficient (Wildman–Crippen LogP) is 4.04. The SMILES string of the molecule is CCCCc1ccc(OCC(C)CNC(C)C)cc1. The van der Waals surface area contributed by atoms with E-state index in [0.29, 0.717) is 12.0 Å². The first-order valence-corrected chi connectivity index (χ1v) is 7.57. The summed E-state index contributed by atoms with van der Waals surface area (Å²) < 4.78 is 5.82. The summed E-state index contributed by atoms with van der Waals surface area (Å²) in [6, 6.07) is 9.09. The van der Waals surface area contributed by atoms with Gasteiger partial charge in [-0.25, -0.2) is 0 Å². The van der Waals surface area contributed by atoms with Gasteiger partial charge in [0.15, 0.2) is 0 Å². The number of rotatable bonds is 9. The van der Waals surface area contributed by atoms with E-state index in [4.69, 9.17) is 4.74 Å². The van der Waals surface area contributed by atoms with Gasteiger partial charge >= 0.3 is 0 Å². The minimum absolute atomic E-state index is 0.530. The molecular formula is C17H29NO. The molecule has 0 saturated carbocycles. The fourth-order valence-corrected chi connectivity index (χ4v) is 1.87. The number of hydrogen-bond donors (Lipinski definition) is 1. The van der Waals surface area contributed by atoms with E-state index in [9.17, 15) is 0 Å². The molecule has 0 fully saturated rings. The van der Waals surface area contributed by atoms with Crippen LogP contribution in [-0.4, -0.2) is 19.2 Å². The zero-order valence-electron chi connectivity index (χ0n) is 12.9. The molecule has 0 radical (unpaired) electrons. The van der Waals surface area contributed by atoms with Gasteiger partial charge in [0.25, 0.3) is 0 Å². The molecule has 1 atom stereocenters. The van der Waals surface area contributed by atoms with E-state index in [2.05, 4.69) is 57.3 Å². The van der Waals surface area contributed by atoms with Crippen molar-refractivity contribution < 1.29 is 4.74 Å². The van der Waals surface area contributed by atoms with Gasteiger partial charge in [0, 0.05) is 18.5 Å². The Morgan fingerprint density at radius 2 is 1.79 bits per heavy atom. The van der Waals surface area contributed by atoms with Crippen LogP contribution in [0.5, 0.6) is 5.75 Å². The normalized spacial score (nSPS) is 12.7. The second kappa shape index (κ2) is 8.98. The summed E-state index contributed by atoms with van der Waals surface area (Å²) in [5.41, 5.74) is 1.41. The minimum Gasteiger partial charge on any atom is -0.493 e. The molecule has 0 aliphatic carbocycles. The van der Waals surface area contributed by atoms with Crippen LogP contribution in [0.15, 0.2) is 24.3 Å². The van der Waals surface area contributed by atoms with Crippen molar-refractivity contribution >= 4 is 0 Å². The monoisotopic (exact) mass is 263 g/mol. The topological polar surface area (TPSA) is 21.3 Å². The van der Waals surface area contributed by atoms with E-state index in [1.165, 1.54) is 24.8 Å². The van der Waals surface area contributed by atoms with Gasteiger partial charge in [-0.3, -0.25) is 0 Å². The molecule has 2 heteroatoms. The fourth-order valence-electron chi connectivity index (χ4n) is 1.87. The number of unbranched alkanes of at least 4 members (excludes halogenated alkanes) is 1. The van der Waals surface area contributed by atoms with E-state index < -0.39 is 0 Å². The maximum atomic E-state index is 5.82. The summed E-state index contributed by atoms with van der Waals surface area (Å²) >= 11 is 0. The highest BCUT2D eigenvalue weighted by Crippen LogP contribution is 2.14. The third-order valence-electron chi connectivity index (χ3n) is 3.15. The van der Waals surface area contributed by atoms with Gasteiger partial charge in [-0.15, -0.1) is 0 Å². The van der Waals surface area contributed by atoms with Crippen LogP contribution in [0, 0.1) is 5.92 Å². The van der Waals surface area contributed by atoms with Gasteiger partial charge < -0.3 is 10.1 Å². The maximum absolute atomic E-state index is 5.82. The third kappa shape index (κ3) is 7.22. The average molecular weight is 263 g/mol. The first-order valence-electron chi connectivity index (χ1n) is 7.57. The van der Waals surface area contributed by atoms with Crippen molar-refractivity contribution in [1.29, 1.82) is 0 Å². The molecule has 0 aliphatic heterocycles. The Bertz CT molecular complexity index is 332. The Labute approximate surface area is 118 Å². The van der Waals surface area contributed by atoms with E-state index >= 15 is 0 Å². The molecule has 0 amide bonds. The maximum Gasteiger partial charge on any atom is 0.119 e. The second-order valence-electron chi connectivity index (χ2n) is 5.73. The van der Waals surface area contributed by atoms with E-state index in [-0.39, 0.29) is 0 Å². The number of ether oxygens (including phenoxy) is 1. The molecule has 0 saturated heterocycles. The quantitative estimate of drug-likeness (QED) is 0.726. The van der Waals surface area contributed by atoms with Crippen molar-refractivity contribution in [2.24, 2.45) is 5.92 Å². The van der Waals surface area contributed by atoms with Crippen molar-refractivity contribution in [1.82, 2.24) is 5.32 Å². The van der Waals surface area contributed by atoms with Crippen molar-refractivity contribution in [3.8, 4) is 5.75 Å². The second-order valence-corrected chi connectivity index (χ2v) is 5.73. The highest BCUT2D eigenvalue weighted by molar-refractivity contribution is 5.27. The highest BCUT2D eigenvalue weighted by Gasteiger charge is 2.04. The van der Waals surface area contributed by atoms with Crippen LogP contribution >= 0.6 is 0 Å². The smallest absolute Gasteiger partial charge is 0.119 e. The summed E-state index contributed by atoms with van der Waals surface area (Å²) in [5.74, 6) is 1.51. The van der Waals surface area contributed by atoms with Gasteiger partial charge in [-0.05, 0) is 30.5 Å². The van der Waals surface area contributed by atoms with Gasteiger partial charge in [0.1, 0.15) is 5.75 Å². The molecule has 2 nitrogen and oxygen atoms in total. The molecule has 0 bridgehead atoms. The lowest BCUT2D eigenvalue weighted by Crippen LogP contribution is -2.30. The van der Waals surface area contributed by atoms with Gasteiger partial charge in [0.05, 0.1) is 6.61 Å². The molecule has 0 spiro atoms. The van der Waals surface area contributed by atoms with E-state index in [0.717, 1.165) is 18.9 Å². The molecule has 0 aliphatic rings. The van der Waals surface area contributed by atoms with Crippen molar-refractivity contribution in [2.75, 3.05) is 13.2 Å². The van der Waals surface area contributed by atoms with Crippen LogP contribution in [0.4, 0.5) is 0 Å². The average Bonchev–Trinajstić information content (AvgIpc) is 2.41. The Balaban J connectivity index is 2.29. The first-order chi connectivity index (χ1) is 9.11. The van der Waals surface area contributed by atoms with Crippen LogP contribution in [0.2, 0.25) is 0 Å². The summed E-state index contributed by atoms with van der Waals surface area (Å²) in [7, 11) is 0. The van der Waals surface area contributed by atoms with Crippen molar-refractivity contribution in [2.45, 2.75) is 53.0 Å². The highest BCUT2D eigenvalue weighted by atomic mass is 16.5. The van der Waals surface area contributed by atoms with Gasteiger partial charge in [-0.1, -0.05) is 46.2 Å². The number of aryl methyl sites for hydroxylation is 1. The molecule has 108 valence electrons. The summed E-state index contributed by atoms with van der Waals surface area (Å²) in [6.45, 7) is 10.6. The van der Waals surface area contributed by atoms with Crippen molar-refractivity contribution in [3.05, 3.63) is 29.8 Å². The predicted molar refractivity (Wildman–Crippen MR) is 82.9 cm³/mol. The Morgan fingerprint density at radius 1 is 1.11 bits per heavy atom. The van der Waals surface area contributed by atoms with Gasteiger partial charge in [-0.2, -0.15) is 0 Å². The van der Waals surface area contributed by atoms with Crippen molar-refractivity contribution in [3.63, 3.8) is 0 Å². The standard InChI is InChI=1S/C17H29NO/c1-5-6-7-16-8-10-17(11-9-16)19-13-15(4)12-18-14(2)3/h8-11,14-15,18H,5-7,12-13H2,1-4H3. The Morgan fingerprint density at radius 3 is 2.37 bits per heavy atom. The lowest BCUT2D eigenvalue weighted by atomic mass is 10.1. The summed E-state index contributed by atoms with van der Waals surface area (Å²) in [5, 5.41) is 3.43. The Hall–Kier alpha value is -1.02. The van der Waals surface area contributed by atoms with Crippen LogP contribution in [0.3, 0.4) is 0 Å². The van der Waals surface area contributed by atoms with Crippen LogP contribution in [0.1, 0.15) is 46.1 Å². The molecular weight excluding hydrogens is 234 g/mol. The summed E-state index contributed by atoms with van der Waals surface area (Å²) in [6.07, 6.45) is 3.68. The molecule has 1 rings (SSSR count). The first kappa shape index (κ1) is 16.0. The Kier molecular flexibility index (Phi) is 7.57. The van der Waals surface area contributed by atoms with Crippen LogP contribution in [0.25, 0.3) is 0 Å². The van der Waals surface area contributed by atoms with E-state index in [1.54, 1.807) is 0 Å². The zero-order chi connectivity index (χ0) is 14.1. The molecule has 19 heavy (non-hydrogen) atoms. The van der Waals surface area contributed by atoms with Gasteiger partial charge in [0.2, 0.25) is 0 Å². The molecule has 0 aromatic heterocycles.